The van der Waals surface area contributed by atoms with Crippen LogP contribution in [0.1, 0.15) is 41.9 Å². The standard InChI is InChI=1S/C12H15N3O2/c1-8-13-12(14-17-8)7-15-6-5-9-10(15)3-2-4-11(9)16/h5-6,11,16H,2-4,7H2,1H3. The first kappa shape index (κ1) is 10.5. The Hall–Kier alpha value is -1.62. The largest absolute Gasteiger partial charge is 0.388 e. The fraction of sp³-hybridized carbons (Fsp3) is 0.500. The molecule has 1 atom stereocenters. The molecule has 2 aromatic rings. The molecule has 0 bridgehead atoms. The third-order valence-corrected chi connectivity index (χ3v) is 3.25. The number of aliphatic hydroxyl groups excluding tert-OH is 1. The van der Waals surface area contributed by atoms with Crippen LogP contribution in [0.25, 0.3) is 0 Å². The van der Waals surface area contributed by atoms with Crippen LogP contribution < -0.4 is 0 Å². The van der Waals surface area contributed by atoms with Gasteiger partial charge < -0.3 is 14.2 Å². The predicted octanol–water partition coefficient (Wildman–Crippen LogP) is 1.60. The van der Waals surface area contributed by atoms with Crippen molar-refractivity contribution in [3.63, 3.8) is 0 Å². The van der Waals surface area contributed by atoms with Gasteiger partial charge in [-0.2, -0.15) is 4.98 Å². The van der Waals surface area contributed by atoms with Gasteiger partial charge in [-0.05, 0) is 25.3 Å². The Bertz CT molecular complexity index is 530. The Morgan fingerprint density at radius 2 is 2.47 bits per heavy atom. The molecule has 1 aliphatic rings. The van der Waals surface area contributed by atoms with Crippen molar-refractivity contribution in [2.75, 3.05) is 0 Å². The van der Waals surface area contributed by atoms with Crippen molar-refractivity contribution in [3.8, 4) is 0 Å². The Balaban J connectivity index is 1.89. The third-order valence-electron chi connectivity index (χ3n) is 3.25. The van der Waals surface area contributed by atoms with Gasteiger partial charge in [-0.1, -0.05) is 5.16 Å². The van der Waals surface area contributed by atoms with Crippen molar-refractivity contribution in [2.45, 2.75) is 38.8 Å². The van der Waals surface area contributed by atoms with Gasteiger partial charge in [-0.15, -0.1) is 0 Å². The van der Waals surface area contributed by atoms with E-state index >= 15 is 0 Å². The minimum Gasteiger partial charge on any atom is -0.388 e. The van der Waals surface area contributed by atoms with Gasteiger partial charge >= 0.3 is 0 Å². The average Bonchev–Trinajstić information content (AvgIpc) is 2.88. The summed E-state index contributed by atoms with van der Waals surface area (Å²) < 4.78 is 7.05. The number of aromatic nitrogens is 3. The first-order chi connectivity index (χ1) is 8.24. The molecule has 0 spiro atoms. The monoisotopic (exact) mass is 233 g/mol. The van der Waals surface area contributed by atoms with E-state index in [1.807, 2.05) is 12.3 Å². The summed E-state index contributed by atoms with van der Waals surface area (Å²) in [7, 11) is 0. The smallest absolute Gasteiger partial charge is 0.223 e. The number of rotatable bonds is 2. The van der Waals surface area contributed by atoms with E-state index in [1.54, 1.807) is 6.92 Å². The normalized spacial score (nSPS) is 19.3. The zero-order valence-electron chi connectivity index (χ0n) is 9.76. The highest BCUT2D eigenvalue weighted by molar-refractivity contribution is 5.27. The fourth-order valence-corrected chi connectivity index (χ4v) is 2.44. The predicted molar refractivity (Wildman–Crippen MR) is 60.5 cm³/mol. The number of nitrogens with zero attached hydrogens (tertiary/aromatic N) is 3. The molecule has 0 saturated heterocycles. The summed E-state index contributed by atoms with van der Waals surface area (Å²) in [5, 5.41) is 13.8. The molecule has 0 fully saturated rings. The molecular formula is C12H15N3O2. The Morgan fingerprint density at radius 1 is 1.59 bits per heavy atom. The van der Waals surface area contributed by atoms with Crippen LogP contribution in [-0.2, 0) is 13.0 Å². The van der Waals surface area contributed by atoms with Crippen molar-refractivity contribution in [3.05, 3.63) is 35.2 Å². The van der Waals surface area contributed by atoms with Crippen molar-refractivity contribution >= 4 is 0 Å². The van der Waals surface area contributed by atoms with Gasteiger partial charge in [0.1, 0.15) is 0 Å². The van der Waals surface area contributed by atoms with Crippen LogP contribution >= 0.6 is 0 Å². The highest BCUT2D eigenvalue weighted by Crippen LogP contribution is 2.30. The first-order valence-electron chi connectivity index (χ1n) is 5.89. The minimum atomic E-state index is -0.313. The van der Waals surface area contributed by atoms with Gasteiger partial charge in [0.15, 0.2) is 5.82 Å². The molecule has 5 heteroatoms. The van der Waals surface area contributed by atoms with Gasteiger partial charge in [0.25, 0.3) is 0 Å². The second-order valence-corrected chi connectivity index (χ2v) is 4.48. The van der Waals surface area contributed by atoms with E-state index in [0.29, 0.717) is 18.3 Å². The molecule has 0 aromatic carbocycles. The maximum Gasteiger partial charge on any atom is 0.223 e. The number of aliphatic hydroxyl groups is 1. The summed E-state index contributed by atoms with van der Waals surface area (Å²) in [6, 6.07) is 1.99. The van der Waals surface area contributed by atoms with Crippen LogP contribution in [0.3, 0.4) is 0 Å². The lowest BCUT2D eigenvalue weighted by Crippen LogP contribution is -2.12. The Kier molecular flexibility index (Phi) is 2.48. The number of aryl methyl sites for hydroxylation is 1. The summed E-state index contributed by atoms with van der Waals surface area (Å²) >= 11 is 0. The zero-order valence-corrected chi connectivity index (χ0v) is 9.76. The van der Waals surface area contributed by atoms with Crippen LogP contribution in [0, 0.1) is 6.92 Å². The summed E-state index contributed by atoms with van der Waals surface area (Å²) in [4.78, 5) is 4.19. The van der Waals surface area contributed by atoms with Gasteiger partial charge in [0.05, 0.1) is 12.6 Å². The van der Waals surface area contributed by atoms with E-state index in [1.165, 1.54) is 5.69 Å². The lowest BCUT2D eigenvalue weighted by Gasteiger charge is -2.19. The lowest BCUT2D eigenvalue weighted by atomic mass is 9.95. The van der Waals surface area contributed by atoms with Gasteiger partial charge in [0.2, 0.25) is 5.89 Å². The molecule has 1 N–H and O–H groups in total. The zero-order chi connectivity index (χ0) is 11.8. The van der Waals surface area contributed by atoms with Crippen molar-refractivity contribution in [2.24, 2.45) is 0 Å². The number of fused-ring (bicyclic) bond motifs is 1. The van der Waals surface area contributed by atoms with Gasteiger partial charge in [0, 0.05) is 24.4 Å². The van der Waals surface area contributed by atoms with E-state index in [9.17, 15) is 5.11 Å². The molecule has 1 aliphatic carbocycles. The van der Waals surface area contributed by atoms with Gasteiger partial charge in [-0.3, -0.25) is 0 Å². The SMILES string of the molecule is Cc1nc(Cn2ccc3c2CCCC3O)no1. The average molecular weight is 233 g/mol. The number of hydrogen-bond acceptors (Lipinski definition) is 4. The van der Waals surface area contributed by atoms with Crippen molar-refractivity contribution in [1.82, 2.24) is 14.7 Å². The lowest BCUT2D eigenvalue weighted by molar-refractivity contribution is 0.155. The Morgan fingerprint density at radius 3 is 3.24 bits per heavy atom. The van der Waals surface area contributed by atoms with E-state index < -0.39 is 0 Å². The second-order valence-electron chi connectivity index (χ2n) is 4.48. The van der Waals surface area contributed by atoms with E-state index in [0.717, 1.165) is 24.8 Å². The highest BCUT2D eigenvalue weighted by Gasteiger charge is 2.21. The molecule has 0 amide bonds. The molecule has 0 saturated carbocycles. The van der Waals surface area contributed by atoms with Crippen LogP contribution in [0.4, 0.5) is 0 Å². The third kappa shape index (κ3) is 1.86. The highest BCUT2D eigenvalue weighted by atomic mass is 16.5. The fourth-order valence-electron chi connectivity index (χ4n) is 2.44. The van der Waals surface area contributed by atoms with E-state index in [4.69, 9.17) is 4.52 Å². The van der Waals surface area contributed by atoms with Crippen LogP contribution in [0.5, 0.6) is 0 Å². The molecule has 2 aromatic heterocycles. The van der Waals surface area contributed by atoms with Crippen LogP contribution in [0.15, 0.2) is 16.8 Å². The van der Waals surface area contributed by atoms with Crippen molar-refractivity contribution < 1.29 is 9.63 Å². The first-order valence-corrected chi connectivity index (χ1v) is 5.89. The minimum absolute atomic E-state index is 0.313. The van der Waals surface area contributed by atoms with E-state index in [2.05, 4.69) is 14.7 Å². The quantitative estimate of drug-likeness (QED) is 0.855. The molecule has 90 valence electrons. The molecule has 1 unspecified atom stereocenters. The molecule has 0 aliphatic heterocycles. The second kappa shape index (κ2) is 4.00. The number of hydrogen-bond donors (Lipinski definition) is 1. The van der Waals surface area contributed by atoms with Crippen molar-refractivity contribution in [1.29, 1.82) is 0 Å². The van der Waals surface area contributed by atoms with Gasteiger partial charge in [-0.25, -0.2) is 0 Å². The molecular weight excluding hydrogens is 218 g/mol. The summed E-state index contributed by atoms with van der Waals surface area (Å²) in [5.41, 5.74) is 2.25. The van der Waals surface area contributed by atoms with Crippen LogP contribution in [0.2, 0.25) is 0 Å². The van der Waals surface area contributed by atoms with E-state index in [-0.39, 0.29) is 6.10 Å². The summed E-state index contributed by atoms with van der Waals surface area (Å²) in [6.07, 6.45) is 4.58. The summed E-state index contributed by atoms with van der Waals surface area (Å²) in [6.45, 7) is 2.39. The topological polar surface area (TPSA) is 64.1 Å². The maximum absolute atomic E-state index is 9.88. The molecule has 17 heavy (non-hydrogen) atoms. The Labute approximate surface area is 99.1 Å². The maximum atomic E-state index is 9.88. The molecule has 0 radical (unpaired) electrons. The molecule has 3 rings (SSSR count). The molecule has 2 heterocycles. The van der Waals surface area contributed by atoms with Crippen LogP contribution in [-0.4, -0.2) is 19.8 Å². The molecule has 5 nitrogen and oxygen atoms in total. The summed E-state index contributed by atoms with van der Waals surface area (Å²) in [5.74, 6) is 1.27.